The smallest absolute Gasteiger partial charge is 0.0589 e. The fourth-order valence-electron chi connectivity index (χ4n) is 2.56. The van der Waals surface area contributed by atoms with E-state index < -0.39 is 0 Å². The third kappa shape index (κ3) is 5.82. The van der Waals surface area contributed by atoms with Gasteiger partial charge in [0.25, 0.3) is 0 Å². The minimum Gasteiger partial charge on any atom is -0.385 e. The van der Waals surface area contributed by atoms with E-state index in [9.17, 15) is 0 Å². The minimum atomic E-state index is 0.425. The van der Waals surface area contributed by atoms with Crippen LogP contribution in [0.25, 0.3) is 0 Å². The number of nitrogens with two attached hydrogens (primary N) is 1. The molecule has 0 aromatic carbocycles. The quantitative estimate of drug-likeness (QED) is 0.653. The van der Waals surface area contributed by atoms with Crippen molar-refractivity contribution in [3.63, 3.8) is 0 Å². The highest BCUT2D eigenvalue weighted by molar-refractivity contribution is 4.81. The van der Waals surface area contributed by atoms with E-state index in [4.69, 9.17) is 15.2 Å². The fraction of sp³-hybridized carbons (Fsp3) is 1.00. The van der Waals surface area contributed by atoms with Gasteiger partial charge in [-0.1, -0.05) is 0 Å². The summed E-state index contributed by atoms with van der Waals surface area (Å²) < 4.78 is 10.3. The third-order valence-corrected chi connectivity index (χ3v) is 3.63. The van der Waals surface area contributed by atoms with Gasteiger partial charge < -0.3 is 15.2 Å². The Bertz CT molecular complexity index is 182. The lowest BCUT2D eigenvalue weighted by Crippen LogP contribution is -2.43. The molecule has 1 aliphatic rings. The van der Waals surface area contributed by atoms with E-state index in [0.717, 1.165) is 32.7 Å². The van der Waals surface area contributed by atoms with E-state index in [1.54, 1.807) is 14.2 Å². The zero-order chi connectivity index (χ0) is 12.5. The van der Waals surface area contributed by atoms with Crippen molar-refractivity contribution < 1.29 is 9.47 Å². The van der Waals surface area contributed by atoms with Crippen molar-refractivity contribution in [2.24, 2.45) is 5.73 Å². The number of ether oxygens (including phenoxy) is 2. The van der Waals surface area contributed by atoms with Crippen molar-refractivity contribution in [2.45, 2.75) is 44.2 Å². The van der Waals surface area contributed by atoms with Gasteiger partial charge in [0.05, 0.1) is 6.61 Å². The summed E-state index contributed by atoms with van der Waals surface area (Å²) in [5.41, 5.74) is 5.96. The summed E-state index contributed by atoms with van der Waals surface area (Å²) in [7, 11) is 3.53. The molecule has 0 aromatic rings. The monoisotopic (exact) mass is 244 g/mol. The first-order valence-electron chi connectivity index (χ1n) is 6.75. The molecule has 102 valence electrons. The summed E-state index contributed by atoms with van der Waals surface area (Å²) >= 11 is 0. The highest BCUT2D eigenvalue weighted by Crippen LogP contribution is 2.22. The molecule has 1 rings (SSSR count). The average Bonchev–Trinajstić information content (AvgIpc) is 2.35. The Morgan fingerprint density at radius 1 is 1.00 bits per heavy atom. The zero-order valence-corrected chi connectivity index (χ0v) is 11.4. The molecule has 4 heteroatoms. The molecule has 0 bridgehead atoms. The summed E-state index contributed by atoms with van der Waals surface area (Å²) in [5.74, 6) is 0. The maximum absolute atomic E-state index is 5.96. The molecule has 0 heterocycles. The summed E-state index contributed by atoms with van der Waals surface area (Å²) in [6.45, 7) is 3.79. The van der Waals surface area contributed by atoms with Crippen LogP contribution in [0.4, 0.5) is 0 Å². The first kappa shape index (κ1) is 14.9. The number of methoxy groups -OCH3 is 2. The molecule has 0 radical (unpaired) electrons. The van der Waals surface area contributed by atoms with Crippen molar-refractivity contribution in [1.29, 1.82) is 0 Å². The lowest BCUT2D eigenvalue weighted by Gasteiger charge is -2.36. The first-order valence-corrected chi connectivity index (χ1v) is 6.75. The first-order chi connectivity index (χ1) is 8.27. The Morgan fingerprint density at radius 2 is 1.65 bits per heavy atom. The Labute approximate surface area is 105 Å². The predicted octanol–water partition coefficient (Wildman–Crippen LogP) is 1.24. The molecule has 2 N–H and O–H groups in total. The van der Waals surface area contributed by atoms with E-state index >= 15 is 0 Å². The van der Waals surface area contributed by atoms with Gasteiger partial charge in [0.2, 0.25) is 0 Å². The molecule has 0 aliphatic heterocycles. The summed E-state index contributed by atoms with van der Waals surface area (Å²) in [6, 6.07) is 1.12. The summed E-state index contributed by atoms with van der Waals surface area (Å²) in [6.07, 6.45) is 5.90. The van der Waals surface area contributed by atoms with Crippen molar-refractivity contribution in [3.8, 4) is 0 Å². The topological polar surface area (TPSA) is 47.7 Å². The highest BCUT2D eigenvalue weighted by atomic mass is 16.5. The van der Waals surface area contributed by atoms with Crippen LogP contribution in [0.3, 0.4) is 0 Å². The summed E-state index contributed by atoms with van der Waals surface area (Å²) in [4.78, 5) is 2.55. The van der Waals surface area contributed by atoms with E-state index in [-0.39, 0.29) is 0 Å². The second-order valence-corrected chi connectivity index (χ2v) is 4.94. The van der Waals surface area contributed by atoms with Crippen LogP contribution < -0.4 is 5.73 Å². The highest BCUT2D eigenvalue weighted by Gasteiger charge is 2.23. The molecule has 1 saturated carbocycles. The van der Waals surface area contributed by atoms with Crippen LogP contribution >= 0.6 is 0 Å². The Kier molecular flexibility index (Phi) is 7.77. The average molecular weight is 244 g/mol. The van der Waals surface area contributed by atoms with Crippen molar-refractivity contribution >= 4 is 0 Å². The number of nitrogens with zero attached hydrogens (tertiary/aromatic N) is 1. The standard InChI is InChI=1S/C13H28N2O2/c1-16-10-3-8-15(9-11-17-2)13-6-4-12(14)5-7-13/h12-13H,3-11,14H2,1-2H3. The number of hydrogen-bond acceptors (Lipinski definition) is 4. The molecular formula is C13H28N2O2. The Hall–Kier alpha value is -0.160. The fourth-order valence-corrected chi connectivity index (χ4v) is 2.56. The van der Waals surface area contributed by atoms with E-state index in [1.807, 2.05) is 0 Å². The molecule has 0 saturated heterocycles. The number of rotatable bonds is 8. The summed E-state index contributed by atoms with van der Waals surface area (Å²) in [5, 5.41) is 0. The molecule has 4 nitrogen and oxygen atoms in total. The van der Waals surface area contributed by atoms with Gasteiger partial charge in [-0.25, -0.2) is 0 Å². The molecule has 17 heavy (non-hydrogen) atoms. The second-order valence-electron chi connectivity index (χ2n) is 4.94. The SMILES string of the molecule is COCCCN(CCOC)C1CCC(N)CC1. The third-order valence-electron chi connectivity index (χ3n) is 3.63. The minimum absolute atomic E-state index is 0.425. The van der Waals surface area contributed by atoms with Gasteiger partial charge in [-0.2, -0.15) is 0 Å². The molecule has 0 atom stereocenters. The van der Waals surface area contributed by atoms with Gasteiger partial charge in [0.1, 0.15) is 0 Å². The molecule has 1 fully saturated rings. The van der Waals surface area contributed by atoms with Gasteiger partial charge in [-0.05, 0) is 32.1 Å². The van der Waals surface area contributed by atoms with Gasteiger partial charge in [-0.3, -0.25) is 4.90 Å². The Morgan fingerprint density at radius 3 is 2.24 bits per heavy atom. The van der Waals surface area contributed by atoms with Crippen LogP contribution in [0.5, 0.6) is 0 Å². The lowest BCUT2D eigenvalue weighted by molar-refractivity contribution is 0.0885. The zero-order valence-electron chi connectivity index (χ0n) is 11.4. The molecule has 0 spiro atoms. The molecule has 0 unspecified atom stereocenters. The van der Waals surface area contributed by atoms with Crippen LogP contribution in [0.15, 0.2) is 0 Å². The van der Waals surface area contributed by atoms with Gasteiger partial charge in [-0.15, -0.1) is 0 Å². The maximum atomic E-state index is 5.96. The van der Waals surface area contributed by atoms with E-state index in [2.05, 4.69) is 4.90 Å². The van der Waals surface area contributed by atoms with Crippen molar-refractivity contribution in [3.05, 3.63) is 0 Å². The second kappa shape index (κ2) is 8.86. The van der Waals surface area contributed by atoms with Gasteiger partial charge in [0.15, 0.2) is 0 Å². The van der Waals surface area contributed by atoms with Crippen LogP contribution in [0.1, 0.15) is 32.1 Å². The van der Waals surface area contributed by atoms with E-state index in [1.165, 1.54) is 25.7 Å². The van der Waals surface area contributed by atoms with E-state index in [0.29, 0.717) is 12.1 Å². The number of hydrogen-bond donors (Lipinski definition) is 1. The molecule has 0 aromatic heterocycles. The predicted molar refractivity (Wildman–Crippen MR) is 70.2 cm³/mol. The van der Waals surface area contributed by atoms with Crippen molar-refractivity contribution in [1.82, 2.24) is 4.90 Å². The largest absolute Gasteiger partial charge is 0.385 e. The van der Waals surface area contributed by atoms with Crippen LogP contribution in [0, 0.1) is 0 Å². The molecule has 1 aliphatic carbocycles. The van der Waals surface area contributed by atoms with Crippen LogP contribution in [-0.4, -0.2) is 57.5 Å². The Balaban J connectivity index is 2.32. The van der Waals surface area contributed by atoms with Crippen LogP contribution in [-0.2, 0) is 9.47 Å². The normalized spacial score (nSPS) is 25.4. The van der Waals surface area contributed by atoms with Crippen LogP contribution in [0.2, 0.25) is 0 Å². The van der Waals surface area contributed by atoms with Gasteiger partial charge >= 0.3 is 0 Å². The van der Waals surface area contributed by atoms with Crippen molar-refractivity contribution in [2.75, 3.05) is 40.5 Å². The molecular weight excluding hydrogens is 216 g/mol. The lowest BCUT2D eigenvalue weighted by atomic mass is 9.90. The maximum Gasteiger partial charge on any atom is 0.0589 e. The van der Waals surface area contributed by atoms with Gasteiger partial charge in [0, 0.05) is 46.0 Å². The molecule has 0 amide bonds.